The van der Waals surface area contributed by atoms with Gasteiger partial charge < -0.3 is 15.1 Å². The summed E-state index contributed by atoms with van der Waals surface area (Å²) in [5, 5.41) is 8.03. The van der Waals surface area contributed by atoms with E-state index in [1.54, 1.807) is 0 Å². The van der Waals surface area contributed by atoms with Crippen LogP contribution in [0.25, 0.3) is 0 Å². The van der Waals surface area contributed by atoms with Crippen LogP contribution >= 0.6 is 0 Å². The molecule has 2 unspecified atom stereocenters. The lowest BCUT2D eigenvalue weighted by Gasteiger charge is -2.38. The first kappa shape index (κ1) is 18.2. The maximum Gasteiger partial charge on any atom is 0.229 e. The predicted molar refractivity (Wildman–Crippen MR) is 96.0 cm³/mol. The van der Waals surface area contributed by atoms with E-state index in [1.165, 1.54) is 38.5 Å². The molecule has 2 fully saturated rings. The number of hydrogen-bond acceptors (Lipinski definition) is 6. The average Bonchev–Trinajstić information content (AvgIpc) is 3.08. The molecule has 0 amide bonds. The molecule has 0 radical (unpaired) electrons. The quantitative estimate of drug-likeness (QED) is 0.482. The van der Waals surface area contributed by atoms with E-state index in [0.29, 0.717) is 36.2 Å². The Hall–Kier alpha value is -1.63. The van der Waals surface area contributed by atoms with Crippen LogP contribution in [0.3, 0.4) is 0 Å². The Morgan fingerprint density at radius 3 is 2.60 bits per heavy atom. The highest BCUT2D eigenvalue weighted by atomic mass is 16.6. The van der Waals surface area contributed by atoms with Crippen molar-refractivity contribution in [1.29, 1.82) is 0 Å². The second-order valence-electron chi connectivity index (χ2n) is 7.54. The van der Waals surface area contributed by atoms with Crippen molar-refractivity contribution in [3.8, 4) is 0 Å². The smallest absolute Gasteiger partial charge is 0.229 e. The van der Waals surface area contributed by atoms with Crippen molar-refractivity contribution in [2.24, 2.45) is 10.9 Å². The van der Waals surface area contributed by atoms with E-state index in [9.17, 15) is 0 Å². The molecule has 7 nitrogen and oxygen atoms in total. The molecule has 0 bridgehead atoms. The number of piperidine rings is 1. The summed E-state index contributed by atoms with van der Waals surface area (Å²) < 4.78 is 5.38. The van der Waals surface area contributed by atoms with Crippen LogP contribution in [0.4, 0.5) is 0 Å². The Bertz CT molecular complexity index is 558. The molecule has 3 rings (SSSR count). The SMILES string of the molecule is CC1CCCC(C)N1CC(N)=NOCc1noc(C2CCCCC2)n1. The first-order valence-corrected chi connectivity index (χ1v) is 9.66. The Balaban J connectivity index is 1.46. The van der Waals surface area contributed by atoms with Crippen molar-refractivity contribution in [2.45, 2.75) is 89.8 Å². The largest absolute Gasteiger partial charge is 0.386 e. The van der Waals surface area contributed by atoms with Gasteiger partial charge in [-0.25, -0.2) is 0 Å². The van der Waals surface area contributed by atoms with Gasteiger partial charge in [-0.15, -0.1) is 0 Å². The number of oxime groups is 1. The van der Waals surface area contributed by atoms with Crippen molar-refractivity contribution in [3.63, 3.8) is 0 Å². The highest BCUT2D eigenvalue weighted by molar-refractivity contribution is 5.81. The van der Waals surface area contributed by atoms with Gasteiger partial charge in [0.15, 0.2) is 12.4 Å². The lowest BCUT2D eigenvalue weighted by molar-refractivity contribution is 0.108. The predicted octanol–water partition coefficient (Wildman–Crippen LogP) is 3.17. The fourth-order valence-electron chi connectivity index (χ4n) is 4.02. The first-order chi connectivity index (χ1) is 12.1. The molecule has 2 aliphatic rings. The summed E-state index contributed by atoms with van der Waals surface area (Å²) in [6.07, 6.45) is 9.78. The van der Waals surface area contributed by atoms with Gasteiger partial charge in [0.05, 0.1) is 6.54 Å². The molecule has 2 atom stereocenters. The molecule has 25 heavy (non-hydrogen) atoms. The molecule has 1 aliphatic heterocycles. The summed E-state index contributed by atoms with van der Waals surface area (Å²) in [6, 6.07) is 1.07. The summed E-state index contributed by atoms with van der Waals surface area (Å²) in [5.74, 6) is 2.19. The van der Waals surface area contributed by atoms with E-state index < -0.39 is 0 Å². The van der Waals surface area contributed by atoms with Crippen LogP contribution in [0.15, 0.2) is 9.68 Å². The van der Waals surface area contributed by atoms with Gasteiger partial charge in [-0.1, -0.05) is 36.0 Å². The first-order valence-electron chi connectivity index (χ1n) is 9.66. The Morgan fingerprint density at radius 2 is 1.88 bits per heavy atom. The van der Waals surface area contributed by atoms with E-state index in [0.717, 1.165) is 18.7 Å². The number of nitrogens with zero attached hydrogens (tertiary/aromatic N) is 4. The molecule has 1 aromatic heterocycles. The third-order valence-electron chi connectivity index (χ3n) is 5.53. The van der Waals surface area contributed by atoms with Gasteiger partial charge in [0.25, 0.3) is 0 Å². The number of amidine groups is 1. The molecular weight excluding hydrogens is 318 g/mol. The van der Waals surface area contributed by atoms with E-state index in [1.807, 2.05) is 0 Å². The molecule has 0 aromatic carbocycles. The molecule has 140 valence electrons. The number of hydrogen-bond donors (Lipinski definition) is 1. The van der Waals surface area contributed by atoms with Crippen LogP contribution in [-0.4, -0.2) is 39.5 Å². The van der Waals surface area contributed by atoms with Gasteiger partial charge in [-0.05, 0) is 39.5 Å². The van der Waals surface area contributed by atoms with Crippen molar-refractivity contribution in [2.75, 3.05) is 6.54 Å². The van der Waals surface area contributed by atoms with E-state index >= 15 is 0 Å². The van der Waals surface area contributed by atoms with Crippen LogP contribution in [0.5, 0.6) is 0 Å². The van der Waals surface area contributed by atoms with Crippen LogP contribution in [0, 0.1) is 0 Å². The monoisotopic (exact) mass is 349 g/mol. The summed E-state index contributed by atoms with van der Waals surface area (Å²) in [4.78, 5) is 12.2. The van der Waals surface area contributed by atoms with Gasteiger partial charge in [-0.2, -0.15) is 4.98 Å². The van der Waals surface area contributed by atoms with Gasteiger partial charge in [-0.3, -0.25) is 4.90 Å². The molecule has 1 saturated carbocycles. The zero-order valence-corrected chi connectivity index (χ0v) is 15.5. The Labute approximate surface area is 150 Å². The van der Waals surface area contributed by atoms with Crippen LogP contribution in [0.2, 0.25) is 0 Å². The molecule has 2 N–H and O–H groups in total. The van der Waals surface area contributed by atoms with E-state index in [2.05, 4.69) is 34.0 Å². The van der Waals surface area contributed by atoms with Crippen molar-refractivity contribution in [3.05, 3.63) is 11.7 Å². The van der Waals surface area contributed by atoms with Gasteiger partial charge in [0.2, 0.25) is 11.7 Å². The van der Waals surface area contributed by atoms with E-state index in [4.69, 9.17) is 15.1 Å². The molecule has 1 saturated heterocycles. The fourth-order valence-corrected chi connectivity index (χ4v) is 4.02. The molecular formula is C18H31N5O2. The highest BCUT2D eigenvalue weighted by Crippen LogP contribution is 2.31. The molecule has 0 spiro atoms. The van der Waals surface area contributed by atoms with Gasteiger partial charge in [0, 0.05) is 18.0 Å². The second kappa shape index (κ2) is 8.65. The third kappa shape index (κ3) is 4.93. The number of likely N-dealkylation sites (tertiary alicyclic amines) is 1. The standard InChI is InChI=1S/C18H31N5O2/c1-13-7-6-8-14(2)23(13)11-16(19)21-24-12-17-20-18(25-22-17)15-9-4-3-5-10-15/h13-15H,3-12H2,1-2H3,(H2,19,21). The lowest BCUT2D eigenvalue weighted by atomic mass is 9.89. The topological polar surface area (TPSA) is 89.8 Å². The number of aromatic nitrogens is 2. The van der Waals surface area contributed by atoms with Gasteiger partial charge in [0.1, 0.15) is 0 Å². The summed E-state index contributed by atoms with van der Waals surface area (Å²) >= 11 is 0. The number of nitrogens with two attached hydrogens (primary N) is 1. The highest BCUT2D eigenvalue weighted by Gasteiger charge is 2.25. The molecule has 7 heteroatoms. The van der Waals surface area contributed by atoms with Crippen molar-refractivity contribution in [1.82, 2.24) is 15.0 Å². The Morgan fingerprint density at radius 1 is 1.16 bits per heavy atom. The van der Waals surface area contributed by atoms with Crippen LogP contribution in [0.1, 0.15) is 82.8 Å². The zero-order chi connectivity index (χ0) is 17.6. The fraction of sp³-hybridized carbons (Fsp3) is 0.833. The minimum atomic E-state index is 0.196. The molecule has 1 aromatic rings. The van der Waals surface area contributed by atoms with Crippen LogP contribution < -0.4 is 5.73 Å². The second-order valence-corrected chi connectivity index (χ2v) is 7.54. The molecule has 1 aliphatic carbocycles. The van der Waals surface area contributed by atoms with Gasteiger partial charge >= 0.3 is 0 Å². The zero-order valence-electron chi connectivity index (χ0n) is 15.5. The Kier molecular flexibility index (Phi) is 6.29. The third-order valence-corrected chi connectivity index (χ3v) is 5.53. The minimum Gasteiger partial charge on any atom is -0.386 e. The summed E-state index contributed by atoms with van der Waals surface area (Å²) in [5.41, 5.74) is 6.03. The molecule has 2 heterocycles. The number of rotatable bonds is 6. The minimum absolute atomic E-state index is 0.196. The van der Waals surface area contributed by atoms with E-state index in [-0.39, 0.29) is 6.61 Å². The summed E-state index contributed by atoms with van der Waals surface area (Å²) in [6.45, 7) is 5.33. The van der Waals surface area contributed by atoms with Crippen molar-refractivity contribution >= 4 is 5.84 Å². The normalized spacial score (nSPS) is 26.7. The average molecular weight is 349 g/mol. The lowest BCUT2D eigenvalue weighted by Crippen LogP contribution is -2.47. The maximum absolute atomic E-state index is 6.03. The van der Waals surface area contributed by atoms with Crippen molar-refractivity contribution < 1.29 is 9.36 Å². The maximum atomic E-state index is 6.03. The van der Waals surface area contributed by atoms with Crippen LogP contribution in [-0.2, 0) is 11.4 Å². The summed E-state index contributed by atoms with van der Waals surface area (Å²) in [7, 11) is 0.